The molecule has 0 spiro atoms. The van der Waals surface area contributed by atoms with E-state index in [0.717, 1.165) is 33.1 Å². The van der Waals surface area contributed by atoms with Crippen LogP contribution >= 0.6 is 0 Å². The van der Waals surface area contributed by atoms with Crippen molar-refractivity contribution in [3.63, 3.8) is 0 Å². The van der Waals surface area contributed by atoms with Gasteiger partial charge < -0.3 is 9.47 Å². The Labute approximate surface area is 184 Å². The minimum atomic E-state index is -0.104. The van der Waals surface area contributed by atoms with E-state index in [4.69, 9.17) is 9.47 Å². The van der Waals surface area contributed by atoms with E-state index in [9.17, 15) is 4.79 Å². The number of ether oxygens (including phenoxy) is 2. The fourth-order valence-corrected chi connectivity index (χ4v) is 3.11. The lowest BCUT2D eigenvalue weighted by molar-refractivity contribution is 0.340. The number of nitrogens with zero attached hydrogens (tertiary/aromatic N) is 2. The number of rotatable bonds is 4. The van der Waals surface area contributed by atoms with Crippen LogP contribution in [0.3, 0.4) is 0 Å². The third-order valence-electron chi connectivity index (χ3n) is 4.61. The molecule has 0 saturated carbocycles. The molecule has 1 heterocycles. The van der Waals surface area contributed by atoms with Gasteiger partial charge in [-0.3, -0.25) is 4.79 Å². The monoisotopic (exact) mass is 420 g/mol. The SMILES string of the molecule is CCOc1cccc(-n2ncc(=C(C)C)c(=C(C)C)c2=O)c1.COc1cccc(C)c1. The Morgan fingerprint density at radius 1 is 0.968 bits per heavy atom. The number of hydrogen-bond acceptors (Lipinski definition) is 4. The van der Waals surface area contributed by atoms with Gasteiger partial charge in [-0.2, -0.15) is 9.78 Å². The van der Waals surface area contributed by atoms with E-state index in [-0.39, 0.29) is 5.56 Å². The average molecular weight is 421 g/mol. The molecule has 3 rings (SSSR count). The van der Waals surface area contributed by atoms with E-state index >= 15 is 0 Å². The fourth-order valence-electron chi connectivity index (χ4n) is 3.11. The van der Waals surface area contributed by atoms with Gasteiger partial charge in [0.05, 0.1) is 25.6 Å². The maximum absolute atomic E-state index is 12.8. The van der Waals surface area contributed by atoms with E-state index < -0.39 is 0 Å². The Kier molecular flexibility index (Phi) is 8.62. The summed E-state index contributed by atoms with van der Waals surface area (Å²) < 4.78 is 11.9. The van der Waals surface area contributed by atoms with Crippen molar-refractivity contribution in [1.29, 1.82) is 0 Å². The van der Waals surface area contributed by atoms with Crippen molar-refractivity contribution < 1.29 is 9.47 Å². The summed E-state index contributed by atoms with van der Waals surface area (Å²) in [6.07, 6.45) is 1.76. The second kappa shape index (κ2) is 11.2. The van der Waals surface area contributed by atoms with Gasteiger partial charge in [0.2, 0.25) is 0 Å². The fraction of sp³-hybridized carbons (Fsp3) is 0.308. The first kappa shape index (κ1) is 23.9. The molecule has 2 aromatic carbocycles. The predicted molar refractivity (Wildman–Crippen MR) is 127 cm³/mol. The van der Waals surface area contributed by atoms with Gasteiger partial charge in [-0.05, 0) is 71.4 Å². The zero-order chi connectivity index (χ0) is 23.0. The van der Waals surface area contributed by atoms with Crippen molar-refractivity contribution in [3.05, 3.63) is 81.1 Å². The molecule has 3 aromatic rings. The quantitative estimate of drug-likeness (QED) is 0.640. The summed E-state index contributed by atoms with van der Waals surface area (Å²) >= 11 is 0. The van der Waals surface area contributed by atoms with E-state index in [1.807, 2.05) is 90.1 Å². The topological polar surface area (TPSA) is 53.4 Å². The molecule has 0 saturated heterocycles. The Hall–Kier alpha value is -3.34. The zero-order valence-corrected chi connectivity index (χ0v) is 19.5. The number of aromatic nitrogens is 2. The number of benzene rings is 2. The molecular formula is C26H32N2O3. The van der Waals surface area contributed by atoms with Gasteiger partial charge >= 0.3 is 0 Å². The lowest BCUT2D eigenvalue weighted by atomic mass is 10.1. The van der Waals surface area contributed by atoms with Gasteiger partial charge in [-0.1, -0.05) is 29.3 Å². The molecule has 31 heavy (non-hydrogen) atoms. The van der Waals surface area contributed by atoms with Gasteiger partial charge in [-0.15, -0.1) is 0 Å². The molecule has 5 nitrogen and oxygen atoms in total. The molecule has 0 aliphatic heterocycles. The summed E-state index contributed by atoms with van der Waals surface area (Å²) in [6, 6.07) is 15.4. The minimum absolute atomic E-state index is 0.104. The van der Waals surface area contributed by atoms with E-state index in [1.165, 1.54) is 10.2 Å². The van der Waals surface area contributed by atoms with Crippen LogP contribution in [0.25, 0.3) is 16.8 Å². The third kappa shape index (κ3) is 6.32. The molecule has 0 N–H and O–H groups in total. The molecule has 0 bridgehead atoms. The van der Waals surface area contributed by atoms with Crippen LogP contribution in [0.15, 0.2) is 59.5 Å². The molecule has 0 amide bonds. The molecular weight excluding hydrogens is 388 g/mol. The zero-order valence-electron chi connectivity index (χ0n) is 19.5. The minimum Gasteiger partial charge on any atom is -0.497 e. The van der Waals surface area contributed by atoms with Crippen LogP contribution in [0.1, 0.15) is 40.2 Å². The summed E-state index contributed by atoms with van der Waals surface area (Å²) in [4.78, 5) is 12.8. The lowest BCUT2D eigenvalue weighted by Gasteiger charge is -2.08. The standard InChI is InChI=1S/C18H22N2O2.C8H10O/c1-6-22-15-9-7-8-14(10-15)20-18(21)17(13(4)5)16(11-19-20)12(2)3;1-7-4-3-5-8(6-7)9-2/h7-11H,6H2,1-5H3;3-6H,1-2H3. The Morgan fingerprint density at radius 3 is 2.19 bits per heavy atom. The maximum Gasteiger partial charge on any atom is 0.279 e. The first-order chi connectivity index (χ1) is 14.8. The number of aryl methyl sites for hydroxylation is 1. The molecule has 0 radical (unpaired) electrons. The lowest BCUT2D eigenvalue weighted by Crippen LogP contribution is -2.47. The van der Waals surface area contributed by atoms with Gasteiger partial charge in [0.1, 0.15) is 11.5 Å². The van der Waals surface area contributed by atoms with Crippen LogP contribution < -0.4 is 25.5 Å². The molecule has 1 aromatic heterocycles. The molecule has 0 atom stereocenters. The highest BCUT2D eigenvalue weighted by Gasteiger charge is 2.06. The van der Waals surface area contributed by atoms with Crippen LogP contribution in [0.2, 0.25) is 0 Å². The van der Waals surface area contributed by atoms with Gasteiger partial charge in [0, 0.05) is 16.5 Å². The number of hydrogen-bond donors (Lipinski definition) is 0. The van der Waals surface area contributed by atoms with Gasteiger partial charge in [0.15, 0.2) is 0 Å². The highest BCUT2D eigenvalue weighted by Crippen LogP contribution is 2.14. The molecule has 5 heteroatoms. The van der Waals surface area contributed by atoms with Crippen LogP contribution in [0, 0.1) is 6.92 Å². The van der Waals surface area contributed by atoms with Crippen molar-refractivity contribution >= 4 is 11.1 Å². The summed E-state index contributed by atoms with van der Waals surface area (Å²) in [7, 11) is 1.68. The molecule has 164 valence electrons. The second-order valence-electron chi connectivity index (χ2n) is 7.60. The average Bonchev–Trinajstić information content (AvgIpc) is 2.74. The van der Waals surface area contributed by atoms with Crippen molar-refractivity contribution in [2.75, 3.05) is 13.7 Å². The van der Waals surface area contributed by atoms with Gasteiger partial charge in [0.25, 0.3) is 5.56 Å². The Morgan fingerprint density at radius 2 is 1.65 bits per heavy atom. The molecule has 0 aliphatic carbocycles. The Balaban J connectivity index is 0.000000316. The maximum atomic E-state index is 12.8. The molecule has 0 unspecified atom stereocenters. The number of methoxy groups -OCH3 is 1. The van der Waals surface area contributed by atoms with Crippen molar-refractivity contribution in [2.45, 2.75) is 41.5 Å². The smallest absolute Gasteiger partial charge is 0.279 e. The Bertz CT molecular complexity index is 1200. The van der Waals surface area contributed by atoms with Crippen LogP contribution in [-0.4, -0.2) is 23.5 Å². The van der Waals surface area contributed by atoms with Crippen molar-refractivity contribution in [2.24, 2.45) is 0 Å². The van der Waals surface area contributed by atoms with Crippen molar-refractivity contribution in [1.82, 2.24) is 9.78 Å². The largest absolute Gasteiger partial charge is 0.497 e. The summed E-state index contributed by atoms with van der Waals surface area (Å²) in [5, 5.41) is 5.95. The van der Waals surface area contributed by atoms with Crippen LogP contribution in [0.4, 0.5) is 0 Å². The van der Waals surface area contributed by atoms with Crippen molar-refractivity contribution in [3.8, 4) is 17.2 Å². The third-order valence-corrected chi connectivity index (χ3v) is 4.61. The summed E-state index contributed by atoms with van der Waals surface area (Å²) in [5.74, 6) is 1.66. The normalized spacial score (nSPS) is 10.0. The molecule has 0 fully saturated rings. The van der Waals surface area contributed by atoms with Gasteiger partial charge in [-0.25, -0.2) is 0 Å². The first-order valence-corrected chi connectivity index (χ1v) is 10.4. The summed E-state index contributed by atoms with van der Waals surface area (Å²) in [6.45, 7) is 12.4. The van der Waals surface area contributed by atoms with Crippen LogP contribution in [-0.2, 0) is 0 Å². The predicted octanol–water partition coefficient (Wildman–Crippen LogP) is 4.02. The van der Waals surface area contributed by atoms with E-state index in [1.54, 1.807) is 13.3 Å². The van der Waals surface area contributed by atoms with Crippen LogP contribution in [0.5, 0.6) is 11.5 Å². The second-order valence-corrected chi connectivity index (χ2v) is 7.60. The van der Waals surface area contributed by atoms with E-state index in [0.29, 0.717) is 12.3 Å². The highest BCUT2D eigenvalue weighted by atomic mass is 16.5. The highest BCUT2D eigenvalue weighted by molar-refractivity contribution is 5.46. The van der Waals surface area contributed by atoms with E-state index in [2.05, 4.69) is 5.10 Å². The summed E-state index contributed by atoms with van der Waals surface area (Å²) in [5.41, 5.74) is 3.90. The molecule has 0 aliphatic rings. The first-order valence-electron chi connectivity index (χ1n) is 10.4.